The lowest BCUT2D eigenvalue weighted by atomic mass is 9.99. The number of amides is 3. The normalized spacial score (nSPS) is 17.7. The van der Waals surface area contributed by atoms with Crippen molar-refractivity contribution in [2.45, 2.75) is 12.3 Å². The van der Waals surface area contributed by atoms with Crippen LogP contribution < -0.4 is 10.6 Å². The molecule has 112 valence electrons. The quantitative estimate of drug-likeness (QED) is 0.792. The first-order valence-corrected chi connectivity index (χ1v) is 6.90. The van der Waals surface area contributed by atoms with Gasteiger partial charge in [0, 0.05) is 25.9 Å². The van der Waals surface area contributed by atoms with Crippen molar-refractivity contribution in [3.05, 3.63) is 35.9 Å². The van der Waals surface area contributed by atoms with Crippen molar-refractivity contribution in [1.29, 1.82) is 0 Å². The first kappa shape index (κ1) is 15.0. The van der Waals surface area contributed by atoms with Crippen molar-refractivity contribution < 1.29 is 14.4 Å². The van der Waals surface area contributed by atoms with Crippen molar-refractivity contribution in [1.82, 2.24) is 15.5 Å². The van der Waals surface area contributed by atoms with Crippen LogP contribution >= 0.6 is 0 Å². The number of rotatable bonds is 5. The molecular formula is C15H19N3O3. The SMILES string of the molecule is CNC(=O)CNC(=O)CN1CC(c2ccccc2)CC1=O. The Morgan fingerprint density at radius 2 is 1.95 bits per heavy atom. The van der Waals surface area contributed by atoms with E-state index < -0.39 is 0 Å². The van der Waals surface area contributed by atoms with Crippen LogP contribution in [0.1, 0.15) is 17.9 Å². The molecule has 2 N–H and O–H groups in total. The van der Waals surface area contributed by atoms with Gasteiger partial charge in [-0.2, -0.15) is 0 Å². The van der Waals surface area contributed by atoms with Crippen molar-refractivity contribution in [3.63, 3.8) is 0 Å². The topological polar surface area (TPSA) is 78.5 Å². The molecule has 1 aromatic rings. The van der Waals surface area contributed by atoms with E-state index in [0.717, 1.165) is 5.56 Å². The maximum absolute atomic E-state index is 12.0. The van der Waals surface area contributed by atoms with Gasteiger partial charge in [-0.3, -0.25) is 14.4 Å². The van der Waals surface area contributed by atoms with E-state index in [2.05, 4.69) is 10.6 Å². The minimum Gasteiger partial charge on any atom is -0.358 e. The lowest BCUT2D eigenvalue weighted by Crippen LogP contribution is -2.41. The van der Waals surface area contributed by atoms with Crippen molar-refractivity contribution in [2.24, 2.45) is 0 Å². The average Bonchev–Trinajstić information content (AvgIpc) is 2.86. The molecule has 0 radical (unpaired) electrons. The fraction of sp³-hybridized carbons (Fsp3) is 0.400. The Kier molecular flexibility index (Phi) is 4.92. The predicted octanol–water partition coefficient (Wildman–Crippen LogP) is -0.135. The molecule has 0 aromatic heterocycles. The summed E-state index contributed by atoms with van der Waals surface area (Å²) in [6.07, 6.45) is 0.423. The van der Waals surface area contributed by atoms with Gasteiger partial charge >= 0.3 is 0 Å². The molecule has 0 spiro atoms. The molecule has 1 saturated heterocycles. The zero-order valence-corrected chi connectivity index (χ0v) is 12.0. The third-order valence-electron chi connectivity index (χ3n) is 3.54. The van der Waals surface area contributed by atoms with Gasteiger partial charge in [-0.25, -0.2) is 0 Å². The molecule has 1 aliphatic heterocycles. The fourth-order valence-corrected chi connectivity index (χ4v) is 2.37. The van der Waals surface area contributed by atoms with Crippen LogP contribution in [0.5, 0.6) is 0 Å². The first-order valence-electron chi connectivity index (χ1n) is 6.90. The second-order valence-electron chi connectivity index (χ2n) is 5.04. The van der Waals surface area contributed by atoms with E-state index in [4.69, 9.17) is 0 Å². The zero-order chi connectivity index (χ0) is 15.2. The summed E-state index contributed by atoms with van der Waals surface area (Å²) in [6, 6.07) is 9.81. The summed E-state index contributed by atoms with van der Waals surface area (Å²) in [4.78, 5) is 36.3. The number of likely N-dealkylation sites (tertiary alicyclic amines) is 1. The molecule has 1 heterocycles. The third kappa shape index (κ3) is 4.05. The van der Waals surface area contributed by atoms with Crippen LogP contribution in [0.15, 0.2) is 30.3 Å². The monoisotopic (exact) mass is 289 g/mol. The van der Waals surface area contributed by atoms with Crippen LogP contribution in [-0.4, -0.2) is 49.3 Å². The van der Waals surface area contributed by atoms with E-state index in [-0.39, 0.29) is 36.7 Å². The largest absolute Gasteiger partial charge is 0.358 e. The molecule has 0 bridgehead atoms. The van der Waals surface area contributed by atoms with E-state index in [0.29, 0.717) is 13.0 Å². The molecule has 1 aliphatic rings. The molecule has 1 unspecified atom stereocenters. The van der Waals surface area contributed by atoms with E-state index in [1.165, 1.54) is 11.9 Å². The van der Waals surface area contributed by atoms with Crippen LogP contribution in [0.25, 0.3) is 0 Å². The molecule has 6 heteroatoms. The molecule has 1 atom stereocenters. The summed E-state index contributed by atoms with van der Waals surface area (Å²) in [5, 5.41) is 4.91. The highest BCUT2D eigenvalue weighted by Gasteiger charge is 2.31. The number of nitrogens with one attached hydrogen (secondary N) is 2. The standard InChI is InChI=1S/C15H19N3O3/c1-16-13(19)8-17-14(20)10-18-9-12(7-15(18)21)11-5-3-2-4-6-11/h2-6,12H,7-10H2,1H3,(H,16,19)(H,17,20). The third-order valence-corrected chi connectivity index (χ3v) is 3.54. The van der Waals surface area contributed by atoms with Gasteiger partial charge < -0.3 is 15.5 Å². The van der Waals surface area contributed by atoms with Gasteiger partial charge in [-0.15, -0.1) is 0 Å². The molecular weight excluding hydrogens is 270 g/mol. The molecule has 0 aliphatic carbocycles. The van der Waals surface area contributed by atoms with Crippen LogP contribution in [0.3, 0.4) is 0 Å². The van der Waals surface area contributed by atoms with Crippen LogP contribution in [0.2, 0.25) is 0 Å². The van der Waals surface area contributed by atoms with Gasteiger partial charge in [0.05, 0.1) is 13.1 Å². The lowest BCUT2D eigenvalue weighted by Gasteiger charge is -2.16. The van der Waals surface area contributed by atoms with Gasteiger partial charge in [0.2, 0.25) is 17.7 Å². The molecule has 3 amide bonds. The lowest BCUT2D eigenvalue weighted by molar-refractivity contribution is -0.133. The highest BCUT2D eigenvalue weighted by molar-refractivity contribution is 5.89. The van der Waals surface area contributed by atoms with Gasteiger partial charge in [-0.05, 0) is 5.56 Å². The average molecular weight is 289 g/mol. The van der Waals surface area contributed by atoms with E-state index in [1.54, 1.807) is 0 Å². The summed E-state index contributed by atoms with van der Waals surface area (Å²) in [5.41, 5.74) is 1.11. The van der Waals surface area contributed by atoms with E-state index in [1.807, 2.05) is 30.3 Å². The van der Waals surface area contributed by atoms with Gasteiger partial charge in [0.1, 0.15) is 0 Å². The zero-order valence-electron chi connectivity index (χ0n) is 12.0. The van der Waals surface area contributed by atoms with Gasteiger partial charge in [-0.1, -0.05) is 30.3 Å². The van der Waals surface area contributed by atoms with Gasteiger partial charge in [0.15, 0.2) is 0 Å². The van der Waals surface area contributed by atoms with Crippen LogP contribution in [-0.2, 0) is 14.4 Å². The van der Waals surface area contributed by atoms with Crippen LogP contribution in [0.4, 0.5) is 0 Å². The maximum Gasteiger partial charge on any atom is 0.240 e. The van der Waals surface area contributed by atoms with Crippen molar-refractivity contribution in [2.75, 3.05) is 26.7 Å². The molecule has 21 heavy (non-hydrogen) atoms. The smallest absolute Gasteiger partial charge is 0.240 e. The Morgan fingerprint density at radius 3 is 2.62 bits per heavy atom. The number of carbonyl (C=O) groups excluding carboxylic acids is 3. The fourth-order valence-electron chi connectivity index (χ4n) is 2.37. The molecule has 0 saturated carbocycles. The minimum absolute atomic E-state index is 0.000832. The van der Waals surface area contributed by atoms with Gasteiger partial charge in [0.25, 0.3) is 0 Å². The summed E-state index contributed by atoms with van der Waals surface area (Å²) in [5.74, 6) is -0.483. The Bertz CT molecular complexity index is 530. The second-order valence-corrected chi connectivity index (χ2v) is 5.04. The van der Waals surface area contributed by atoms with E-state index in [9.17, 15) is 14.4 Å². The highest BCUT2D eigenvalue weighted by Crippen LogP contribution is 2.27. The Hall–Kier alpha value is -2.37. The van der Waals surface area contributed by atoms with Crippen molar-refractivity contribution >= 4 is 17.7 Å². The Balaban J connectivity index is 1.86. The maximum atomic E-state index is 12.0. The van der Waals surface area contributed by atoms with Crippen molar-refractivity contribution in [3.8, 4) is 0 Å². The first-order chi connectivity index (χ1) is 10.1. The Morgan fingerprint density at radius 1 is 1.24 bits per heavy atom. The van der Waals surface area contributed by atoms with Crippen LogP contribution in [0, 0.1) is 0 Å². The minimum atomic E-state index is -0.319. The predicted molar refractivity (Wildman–Crippen MR) is 77.5 cm³/mol. The van der Waals surface area contributed by atoms with E-state index >= 15 is 0 Å². The summed E-state index contributed by atoms with van der Waals surface area (Å²) >= 11 is 0. The number of likely N-dealkylation sites (N-methyl/N-ethyl adjacent to an activating group) is 1. The number of nitrogens with zero attached hydrogens (tertiary/aromatic N) is 1. The number of carbonyl (C=O) groups is 3. The highest BCUT2D eigenvalue weighted by atomic mass is 16.2. The summed E-state index contributed by atoms with van der Waals surface area (Å²) < 4.78 is 0. The number of hydrogen-bond donors (Lipinski definition) is 2. The second kappa shape index (κ2) is 6.88. The number of hydrogen-bond acceptors (Lipinski definition) is 3. The molecule has 1 fully saturated rings. The Labute approximate surface area is 123 Å². The summed E-state index contributed by atoms with van der Waals surface area (Å²) in [6.45, 7) is 0.467. The summed E-state index contributed by atoms with van der Waals surface area (Å²) in [7, 11) is 1.50. The molecule has 1 aromatic carbocycles. The molecule has 2 rings (SSSR count). The number of benzene rings is 1. The molecule has 6 nitrogen and oxygen atoms in total.